The minimum atomic E-state index is 0.00204. The van der Waals surface area contributed by atoms with Crippen molar-refractivity contribution >= 4 is 5.91 Å². The number of hydrogen-bond donors (Lipinski definition) is 1. The van der Waals surface area contributed by atoms with E-state index in [0.717, 1.165) is 26.1 Å². The molecule has 2 unspecified atom stereocenters. The molecular weight excluding hydrogens is 206 g/mol. The van der Waals surface area contributed by atoms with Gasteiger partial charge in [-0.25, -0.2) is 0 Å². The highest BCUT2D eigenvalue weighted by molar-refractivity contribution is 5.92. The number of hydrogen-bond acceptors (Lipinski definition) is 4. The van der Waals surface area contributed by atoms with Gasteiger partial charge in [-0.3, -0.25) is 4.79 Å². The van der Waals surface area contributed by atoms with Gasteiger partial charge in [0, 0.05) is 37.7 Å². The van der Waals surface area contributed by atoms with Gasteiger partial charge >= 0.3 is 0 Å². The second-order valence-corrected chi connectivity index (χ2v) is 4.64. The molecule has 2 atom stereocenters. The number of carbonyl (C=O) groups excluding carboxylic acids is 1. The lowest BCUT2D eigenvalue weighted by molar-refractivity contribution is 0.0500. The van der Waals surface area contributed by atoms with Crippen LogP contribution in [0.4, 0.5) is 0 Å². The number of likely N-dealkylation sites (tertiary alicyclic amines) is 1. The fourth-order valence-electron chi connectivity index (χ4n) is 2.46. The molecule has 0 spiro atoms. The predicted molar refractivity (Wildman–Crippen MR) is 57.0 cm³/mol. The van der Waals surface area contributed by atoms with Crippen molar-refractivity contribution in [3.8, 4) is 0 Å². The zero-order valence-electron chi connectivity index (χ0n) is 9.27. The van der Waals surface area contributed by atoms with Crippen molar-refractivity contribution in [3.63, 3.8) is 0 Å². The molecule has 0 bridgehead atoms. The summed E-state index contributed by atoms with van der Waals surface area (Å²) in [6, 6.07) is 2.33. The van der Waals surface area contributed by atoms with Crippen LogP contribution in [-0.2, 0) is 0 Å². The lowest BCUT2D eigenvalue weighted by Gasteiger charge is -2.46. The van der Waals surface area contributed by atoms with E-state index < -0.39 is 0 Å². The van der Waals surface area contributed by atoms with Gasteiger partial charge in [0.1, 0.15) is 5.76 Å². The van der Waals surface area contributed by atoms with E-state index in [9.17, 15) is 4.79 Å². The normalized spacial score (nSPS) is 28.4. The van der Waals surface area contributed by atoms with Crippen molar-refractivity contribution in [2.24, 2.45) is 5.92 Å². The third kappa shape index (κ3) is 1.51. The number of carbonyl (C=O) groups is 1. The molecule has 1 aromatic heterocycles. The highest BCUT2D eigenvalue weighted by Crippen LogP contribution is 2.24. The van der Waals surface area contributed by atoms with Gasteiger partial charge in [-0.05, 0) is 13.3 Å². The van der Waals surface area contributed by atoms with Gasteiger partial charge in [0.25, 0.3) is 5.91 Å². The Bertz CT molecular complexity index is 415. The summed E-state index contributed by atoms with van der Waals surface area (Å²) >= 11 is 0. The summed E-state index contributed by atoms with van der Waals surface area (Å²) < 4.78 is 4.93. The fraction of sp³-hybridized carbons (Fsp3) is 0.636. The molecule has 0 radical (unpaired) electrons. The van der Waals surface area contributed by atoms with E-state index >= 15 is 0 Å². The van der Waals surface area contributed by atoms with E-state index in [1.807, 2.05) is 4.90 Å². The molecule has 0 aliphatic carbocycles. The van der Waals surface area contributed by atoms with Gasteiger partial charge < -0.3 is 14.7 Å². The molecule has 5 nitrogen and oxygen atoms in total. The summed E-state index contributed by atoms with van der Waals surface area (Å²) in [4.78, 5) is 14.0. The van der Waals surface area contributed by atoms with Crippen molar-refractivity contribution in [1.29, 1.82) is 0 Å². The number of aryl methyl sites for hydroxylation is 1. The molecule has 5 heteroatoms. The summed E-state index contributed by atoms with van der Waals surface area (Å²) in [6.07, 6.45) is 1.05. The highest BCUT2D eigenvalue weighted by Gasteiger charge is 2.37. The average Bonchev–Trinajstić information content (AvgIpc) is 2.66. The summed E-state index contributed by atoms with van der Waals surface area (Å²) in [5.74, 6) is 1.32. The van der Waals surface area contributed by atoms with Crippen LogP contribution < -0.4 is 5.32 Å². The van der Waals surface area contributed by atoms with E-state index in [2.05, 4.69) is 10.5 Å². The second-order valence-electron chi connectivity index (χ2n) is 4.64. The first kappa shape index (κ1) is 9.84. The number of nitrogens with one attached hydrogen (secondary N) is 1. The number of amides is 1. The molecule has 3 rings (SSSR count). The van der Waals surface area contributed by atoms with Crippen molar-refractivity contribution in [2.75, 3.05) is 19.6 Å². The van der Waals surface area contributed by atoms with Crippen LogP contribution in [0.1, 0.15) is 22.7 Å². The first-order chi connectivity index (χ1) is 7.74. The molecule has 1 amide bonds. The van der Waals surface area contributed by atoms with Crippen LogP contribution in [0.15, 0.2) is 10.6 Å². The summed E-state index contributed by atoms with van der Waals surface area (Å²) in [6.45, 7) is 4.50. The van der Waals surface area contributed by atoms with E-state index in [-0.39, 0.29) is 5.91 Å². The quantitative estimate of drug-likeness (QED) is 0.746. The topological polar surface area (TPSA) is 58.4 Å². The van der Waals surface area contributed by atoms with Gasteiger partial charge in [0.15, 0.2) is 5.69 Å². The van der Waals surface area contributed by atoms with Gasteiger partial charge in [-0.1, -0.05) is 5.16 Å². The minimum absolute atomic E-state index is 0.00204. The molecule has 3 heterocycles. The van der Waals surface area contributed by atoms with Crippen molar-refractivity contribution in [2.45, 2.75) is 19.4 Å². The minimum Gasteiger partial charge on any atom is -0.361 e. The Morgan fingerprint density at radius 3 is 3.12 bits per heavy atom. The molecule has 2 aliphatic heterocycles. The Hall–Kier alpha value is -1.36. The number of piperidine rings is 1. The van der Waals surface area contributed by atoms with E-state index in [1.54, 1.807) is 13.0 Å². The van der Waals surface area contributed by atoms with Gasteiger partial charge in [-0.15, -0.1) is 0 Å². The highest BCUT2D eigenvalue weighted by atomic mass is 16.5. The maximum atomic E-state index is 12.1. The van der Waals surface area contributed by atoms with Crippen molar-refractivity contribution in [1.82, 2.24) is 15.4 Å². The van der Waals surface area contributed by atoms with Gasteiger partial charge in [-0.2, -0.15) is 0 Å². The molecule has 16 heavy (non-hydrogen) atoms. The van der Waals surface area contributed by atoms with Crippen LogP contribution >= 0.6 is 0 Å². The monoisotopic (exact) mass is 221 g/mol. The maximum absolute atomic E-state index is 12.1. The molecule has 1 aromatic rings. The van der Waals surface area contributed by atoms with Crippen molar-refractivity contribution < 1.29 is 9.32 Å². The Balaban J connectivity index is 1.71. The zero-order valence-corrected chi connectivity index (χ0v) is 9.27. The van der Waals surface area contributed by atoms with Crippen LogP contribution in [-0.4, -0.2) is 41.6 Å². The van der Waals surface area contributed by atoms with Crippen LogP contribution in [0, 0.1) is 12.8 Å². The largest absolute Gasteiger partial charge is 0.361 e. The summed E-state index contributed by atoms with van der Waals surface area (Å²) in [5.41, 5.74) is 0.434. The first-order valence-electron chi connectivity index (χ1n) is 5.70. The zero-order chi connectivity index (χ0) is 11.1. The molecule has 86 valence electrons. The standard InChI is InChI=1S/C11H15N3O2/c1-7-4-10(13-16-7)11(15)14-3-2-9-8(6-14)5-12-9/h4,8-9,12H,2-3,5-6H2,1H3. The van der Waals surface area contributed by atoms with E-state index in [4.69, 9.17) is 4.52 Å². The molecule has 2 saturated heterocycles. The van der Waals surface area contributed by atoms with E-state index in [0.29, 0.717) is 23.4 Å². The van der Waals surface area contributed by atoms with Crippen LogP contribution in [0.2, 0.25) is 0 Å². The Morgan fingerprint density at radius 1 is 1.69 bits per heavy atom. The SMILES string of the molecule is Cc1cc(C(=O)N2CCC3NCC3C2)no1. The molecule has 0 saturated carbocycles. The number of aromatic nitrogens is 1. The van der Waals surface area contributed by atoms with Crippen LogP contribution in [0.3, 0.4) is 0 Å². The fourth-order valence-corrected chi connectivity index (χ4v) is 2.46. The van der Waals surface area contributed by atoms with E-state index in [1.165, 1.54) is 0 Å². The smallest absolute Gasteiger partial charge is 0.276 e. The maximum Gasteiger partial charge on any atom is 0.276 e. The summed E-state index contributed by atoms with van der Waals surface area (Å²) in [7, 11) is 0. The first-order valence-corrected chi connectivity index (χ1v) is 5.70. The van der Waals surface area contributed by atoms with Gasteiger partial charge in [0.2, 0.25) is 0 Å². The lowest BCUT2D eigenvalue weighted by Crippen LogP contribution is -2.62. The van der Waals surface area contributed by atoms with Crippen LogP contribution in [0.5, 0.6) is 0 Å². The Morgan fingerprint density at radius 2 is 2.56 bits per heavy atom. The third-order valence-corrected chi connectivity index (χ3v) is 3.51. The predicted octanol–water partition coefficient (Wildman–Crippen LogP) is 0.417. The molecule has 0 aromatic carbocycles. The molecule has 2 aliphatic rings. The molecule has 2 fully saturated rings. The lowest BCUT2D eigenvalue weighted by atomic mass is 9.85. The van der Waals surface area contributed by atoms with Gasteiger partial charge in [0.05, 0.1) is 0 Å². The number of fused-ring (bicyclic) bond motifs is 1. The Labute approximate surface area is 93.8 Å². The molecular formula is C11H15N3O2. The second kappa shape index (κ2) is 3.59. The summed E-state index contributed by atoms with van der Waals surface area (Å²) in [5, 5.41) is 7.15. The Kier molecular flexibility index (Phi) is 2.21. The van der Waals surface area contributed by atoms with Crippen molar-refractivity contribution in [3.05, 3.63) is 17.5 Å². The number of rotatable bonds is 1. The molecule has 1 N–H and O–H groups in total. The number of nitrogens with zero attached hydrogens (tertiary/aromatic N) is 2. The third-order valence-electron chi connectivity index (χ3n) is 3.51. The average molecular weight is 221 g/mol. The van der Waals surface area contributed by atoms with Crippen LogP contribution in [0.25, 0.3) is 0 Å².